The van der Waals surface area contributed by atoms with Gasteiger partial charge in [-0.2, -0.15) is 0 Å². The van der Waals surface area contributed by atoms with Gasteiger partial charge in [0.15, 0.2) is 0 Å². The van der Waals surface area contributed by atoms with Crippen LogP contribution in [0.4, 0.5) is 9.59 Å². The molecule has 0 bridgehead atoms. The monoisotopic (exact) mass is 365 g/mol. The van der Waals surface area contributed by atoms with Gasteiger partial charge in [-0.3, -0.25) is 0 Å². The third kappa shape index (κ3) is 5.98. The zero-order valence-electron chi connectivity index (χ0n) is 14.8. The lowest BCUT2D eigenvalue weighted by atomic mass is 10.2. The van der Waals surface area contributed by atoms with Gasteiger partial charge in [-0.25, -0.2) is 9.59 Å². The summed E-state index contributed by atoms with van der Waals surface area (Å²) in [4.78, 5) is 27.5. The second-order valence-electron chi connectivity index (χ2n) is 6.76. The van der Waals surface area contributed by atoms with Crippen molar-refractivity contribution < 1.29 is 14.3 Å². The van der Waals surface area contributed by atoms with Gasteiger partial charge in [0.05, 0.1) is 0 Å². The number of piperazine rings is 1. The molecule has 25 heavy (non-hydrogen) atoms. The van der Waals surface area contributed by atoms with Crippen LogP contribution < -0.4 is 5.32 Å². The molecule has 1 N–H and O–H groups in total. The van der Waals surface area contributed by atoms with Crippen molar-refractivity contribution in [3.63, 3.8) is 0 Å². The molecule has 1 aromatic rings. The van der Waals surface area contributed by atoms with Gasteiger partial charge in [0.25, 0.3) is 0 Å². The highest BCUT2D eigenvalue weighted by Crippen LogP contribution is 2.16. The standard InChI is InChI=1S/C18H24ClN3O3/c1-18(2,3)25-17(24)22-12-10-21(11-13-22)16(23)20-9-8-14-6-4-5-7-15(14)19/h4-9H,10-13H2,1-3H3,(H,20,23)/b9-8+. The molecule has 0 saturated carbocycles. The van der Waals surface area contributed by atoms with Crippen LogP contribution in [0.25, 0.3) is 6.08 Å². The van der Waals surface area contributed by atoms with E-state index in [2.05, 4.69) is 5.32 Å². The number of benzene rings is 1. The number of urea groups is 1. The Labute approximate surface area is 153 Å². The summed E-state index contributed by atoms with van der Waals surface area (Å²) in [7, 11) is 0. The lowest BCUT2D eigenvalue weighted by Gasteiger charge is -2.35. The van der Waals surface area contributed by atoms with E-state index in [0.717, 1.165) is 5.56 Å². The van der Waals surface area contributed by atoms with Crippen molar-refractivity contribution in [3.8, 4) is 0 Å². The van der Waals surface area contributed by atoms with Crippen LogP contribution in [0.1, 0.15) is 26.3 Å². The van der Waals surface area contributed by atoms with Crippen molar-refractivity contribution in [2.24, 2.45) is 0 Å². The van der Waals surface area contributed by atoms with Crippen molar-refractivity contribution in [1.29, 1.82) is 0 Å². The molecule has 2 rings (SSSR count). The summed E-state index contributed by atoms with van der Waals surface area (Å²) in [6.07, 6.45) is 2.98. The summed E-state index contributed by atoms with van der Waals surface area (Å²) >= 11 is 6.06. The average Bonchev–Trinajstić information content (AvgIpc) is 2.55. The van der Waals surface area contributed by atoms with Gasteiger partial charge in [0.2, 0.25) is 0 Å². The number of carbonyl (C=O) groups is 2. The molecule has 1 aliphatic heterocycles. The van der Waals surface area contributed by atoms with E-state index >= 15 is 0 Å². The molecule has 0 aromatic heterocycles. The number of carbonyl (C=O) groups excluding carboxylic acids is 2. The van der Waals surface area contributed by atoms with E-state index in [1.165, 1.54) is 0 Å². The molecule has 3 amide bonds. The van der Waals surface area contributed by atoms with Crippen LogP contribution in [-0.4, -0.2) is 53.7 Å². The van der Waals surface area contributed by atoms with Crippen molar-refractivity contribution >= 4 is 29.8 Å². The fraction of sp³-hybridized carbons (Fsp3) is 0.444. The first-order chi connectivity index (χ1) is 11.8. The van der Waals surface area contributed by atoms with Gasteiger partial charge in [0.1, 0.15) is 5.60 Å². The summed E-state index contributed by atoms with van der Waals surface area (Å²) in [6, 6.07) is 7.18. The molecule has 1 fully saturated rings. The number of hydrogen-bond donors (Lipinski definition) is 1. The van der Waals surface area contributed by atoms with Crippen LogP contribution in [-0.2, 0) is 4.74 Å². The van der Waals surface area contributed by atoms with Crippen LogP contribution in [0.2, 0.25) is 5.02 Å². The van der Waals surface area contributed by atoms with Crippen molar-refractivity contribution in [2.45, 2.75) is 26.4 Å². The lowest BCUT2D eigenvalue weighted by molar-refractivity contribution is 0.0171. The van der Waals surface area contributed by atoms with Crippen molar-refractivity contribution in [1.82, 2.24) is 15.1 Å². The highest BCUT2D eigenvalue weighted by molar-refractivity contribution is 6.32. The number of ether oxygens (including phenoxy) is 1. The number of rotatable bonds is 2. The average molecular weight is 366 g/mol. The van der Waals surface area contributed by atoms with E-state index in [-0.39, 0.29) is 12.1 Å². The summed E-state index contributed by atoms with van der Waals surface area (Å²) < 4.78 is 5.34. The summed E-state index contributed by atoms with van der Waals surface area (Å²) in [6.45, 7) is 7.34. The molecule has 7 heteroatoms. The first-order valence-corrected chi connectivity index (χ1v) is 8.58. The van der Waals surface area contributed by atoms with Gasteiger partial charge in [-0.05, 0) is 38.5 Å². The van der Waals surface area contributed by atoms with E-state index in [9.17, 15) is 9.59 Å². The Morgan fingerprint density at radius 3 is 2.32 bits per heavy atom. The molecule has 0 atom stereocenters. The van der Waals surface area contributed by atoms with Crippen LogP contribution in [0.15, 0.2) is 30.5 Å². The predicted octanol–water partition coefficient (Wildman–Crippen LogP) is 3.57. The van der Waals surface area contributed by atoms with Gasteiger partial charge >= 0.3 is 12.1 Å². The molecular weight excluding hydrogens is 342 g/mol. The third-order valence-electron chi connectivity index (χ3n) is 3.59. The predicted molar refractivity (Wildman–Crippen MR) is 98.4 cm³/mol. The molecule has 0 radical (unpaired) electrons. The molecule has 1 heterocycles. The largest absolute Gasteiger partial charge is 0.444 e. The number of nitrogens with zero attached hydrogens (tertiary/aromatic N) is 2. The van der Waals surface area contributed by atoms with Gasteiger partial charge in [-0.1, -0.05) is 29.8 Å². The Morgan fingerprint density at radius 1 is 1.12 bits per heavy atom. The fourth-order valence-corrected chi connectivity index (χ4v) is 2.52. The Bertz CT molecular complexity index is 647. The number of hydrogen-bond acceptors (Lipinski definition) is 3. The van der Waals surface area contributed by atoms with E-state index in [4.69, 9.17) is 16.3 Å². The van der Waals surface area contributed by atoms with E-state index in [0.29, 0.717) is 31.2 Å². The summed E-state index contributed by atoms with van der Waals surface area (Å²) in [5, 5.41) is 3.35. The maximum atomic E-state index is 12.2. The zero-order chi connectivity index (χ0) is 18.4. The van der Waals surface area contributed by atoms with Gasteiger partial charge < -0.3 is 19.9 Å². The third-order valence-corrected chi connectivity index (χ3v) is 3.94. The minimum Gasteiger partial charge on any atom is -0.444 e. The Kier molecular flexibility index (Phi) is 6.31. The Hall–Kier alpha value is -2.21. The topological polar surface area (TPSA) is 61.9 Å². The minimum atomic E-state index is -0.519. The summed E-state index contributed by atoms with van der Waals surface area (Å²) in [5.74, 6) is 0. The molecule has 1 aliphatic rings. The highest BCUT2D eigenvalue weighted by Gasteiger charge is 2.27. The first-order valence-electron chi connectivity index (χ1n) is 8.21. The zero-order valence-corrected chi connectivity index (χ0v) is 15.5. The minimum absolute atomic E-state index is 0.202. The molecule has 0 aliphatic carbocycles. The first kappa shape index (κ1) is 19.1. The smallest absolute Gasteiger partial charge is 0.410 e. The fourth-order valence-electron chi connectivity index (χ4n) is 2.32. The maximum Gasteiger partial charge on any atom is 0.410 e. The van der Waals surface area contributed by atoms with E-state index in [1.54, 1.807) is 28.1 Å². The number of halogens is 1. The second-order valence-corrected chi connectivity index (χ2v) is 7.17. The molecule has 1 saturated heterocycles. The van der Waals surface area contributed by atoms with Crippen LogP contribution in [0, 0.1) is 0 Å². The normalized spacial score (nSPS) is 15.4. The molecule has 0 spiro atoms. The summed E-state index contributed by atoms with van der Waals surface area (Å²) in [5.41, 5.74) is 0.314. The van der Waals surface area contributed by atoms with Crippen LogP contribution >= 0.6 is 11.6 Å². The van der Waals surface area contributed by atoms with Crippen LogP contribution in [0.3, 0.4) is 0 Å². The lowest BCUT2D eigenvalue weighted by Crippen LogP contribution is -2.53. The number of amides is 3. The van der Waals surface area contributed by atoms with Gasteiger partial charge in [-0.15, -0.1) is 0 Å². The SMILES string of the molecule is CC(C)(C)OC(=O)N1CCN(C(=O)N/C=C/c2ccccc2Cl)CC1. The maximum absolute atomic E-state index is 12.2. The molecular formula is C18H24ClN3O3. The Balaban J connectivity index is 1.79. The van der Waals surface area contributed by atoms with E-state index in [1.807, 2.05) is 39.0 Å². The van der Waals surface area contributed by atoms with Gasteiger partial charge in [0, 0.05) is 37.4 Å². The quantitative estimate of drug-likeness (QED) is 0.871. The molecule has 1 aromatic carbocycles. The number of nitrogens with one attached hydrogen (secondary N) is 1. The Morgan fingerprint density at radius 2 is 1.72 bits per heavy atom. The van der Waals surface area contributed by atoms with Crippen LogP contribution in [0.5, 0.6) is 0 Å². The molecule has 136 valence electrons. The highest BCUT2D eigenvalue weighted by atomic mass is 35.5. The van der Waals surface area contributed by atoms with Crippen molar-refractivity contribution in [2.75, 3.05) is 26.2 Å². The van der Waals surface area contributed by atoms with E-state index < -0.39 is 5.60 Å². The van der Waals surface area contributed by atoms with Crippen molar-refractivity contribution in [3.05, 3.63) is 41.1 Å². The molecule has 6 nitrogen and oxygen atoms in total. The second kappa shape index (κ2) is 8.25. The molecule has 0 unspecified atom stereocenters.